The van der Waals surface area contributed by atoms with Crippen molar-refractivity contribution in [3.63, 3.8) is 0 Å². The molecule has 5 heteroatoms. The standard InChI is InChI=1S/C23H15N3O2/c27-23-20(13-15-7-1-6-12-21(15)28-23)25-14-26-19-11-5-3-9-17(19)24-22(26)16-8-2-4-10-18(16)25/h1-13H,14H2. The predicted molar refractivity (Wildman–Crippen MR) is 110 cm³/mol. The van der Waals surface area contributed by atoms with Crippen LogP contribution in [-0.2, 0) is 6.67 Å². The first kappa shape index (κ1) is 15.2. The Labute approximate surface area is 160 Å². The summed E-state index contributed by atoms with van der Waals surface area (Å²) >= 11 is 0. The summed E-state index contributed by atoms with van der Waals surface area (Å²) in [4.78, 5) is 19.7. The van der Waals surface area contributed by atoms with Crippen molar-refractivity contribution in [2.24, 2.45) is 0 Å². The predicted octanol–water partition coefficient (Wildman–Crippen LogP) is 4.92. The number of fused-ring (bicyclic) bond motifs is 6. The SMILES string of the molecule is O=c1oc2ccccc2cc1N1Cn2c(nc3ccccc32)-c2ccccc21. The molecule has 5 nitrogen and oxygen atoms in total. The molecule has 0 spiro atoms. The summed E-state index contributed by atoms with van der Waals surface area (Å²) in [5, 5.41) is 0.899. The van der Waals surface area contributed by atoms with Gasteiger partial charge in [-0.15, -0.1) is 0 Å². The van der Waals surface area contributed by atoms with Crippen LogP contribution in [0.2, 0.25) is 0 Å². The van der Waals surface area contributed by atoms with Crippen molar-refractivity contribution in [2.75, 3.05) is 4.90 Å². The summed E-state index contributed by atoms with van der Waals surface area (Å²) in [6.45, 7) is 0.496. The Kier molecular flexibility index (Phi) is 3.03. The molecular weight excluding hydrogens is 350 g/mol. The Morgan fingerprint density at radius 3 is 2.61 bits per heavy atom. The van der Waals surface area contributed by atoms with Crippen LogP contribution in [0.5, 0.6) is 0 Å². The quantitative estimate of drug-likeness (QED) is 0.396. The number of aromatic nitrogens is 2. The lowest BCUT2D eigenvalue weighted by atomic mass is 10.1. The topological polar surface area (TPSA) is 51.3 Å². The molecule has 0 unspecified atom stereocenters. The van der Waals surface area contributed by atoms with Crippen LogP contribution in [0.3, 0.4) is 0 Å². The zero-order valence-electron chi connectivity index (χ0n) is 14.9. The molecule has 28 heavy (non-hydrogen) atoms. The fraction of sp³-hybridized carbons (Fsp3) is 0.0435. The highest BCUT2D eigenvalue weighted by Gasteiger charge is 2.27. The summed E-state index contributed by atoms with van der Waals surface area (Å²) in [5.41, 5.74) is 4.71. The molecule has 0 fully saturated rings. The van der Waals surface area contributed by atoms with Crippen molar-refractivity contribution in [2.45, 2.75) is 6.67 Å². The lowest BCUT2D eigenvalue weighted by molar-refractivity contribution is 0.556. The Hall–Kier alpha value is -3.86. The number of hydrogen-bond acceptors (Lipinski definition) is 4. The van der Waals surface area contributed by atoms with E-state index in [1.807, 2.05) is 77.7 Å². The summed E-state index contributed by atoms with van der Waals surface area (Å²) in [7, 11) is 0. The van der Waals surface area contributed by atoms with Gasteiger partial charge in [-0.2, -0.15) is 0 Å². The number of benzene rings is 3. The van der Waals surface area contributed by atoms with E-state index in [0.29, 0.717) is 17.9 Å². The van der Waals surface area contributed by atoms with Gasteiger partial charge in [-0.3, -0.25) is 0 Å². The minimum absolute atomic E-state index is 0.346. The first-order valence-electron chi connectivity index (χ1n) is 9.15. The van der Waals surface area contributed by atoms with Gasteiger partial charge < -0.3 is 13.9 Å². The van der Waals surface area contributed by atoms with Crippen LogP contribution in [0.1, 0.15) is 0 Å². The monoisotopic (exact) mass is 365 g/mol. The van der Waals surface area contributed by atoms with Crippen LogP contribution < -0.4 is 10.5 Å². The second-order valence-corrected chi connectivity index (χ2v) is 6.90. The van der Waals surface area contributed by atoms with Crippen molar-refractivity contribution in [1.82, 2.24) is 9.55 Å². The van der Waals surface area contributed by atoms with Crippen molar-refractivity contribution in [3.05, 3.63) is 89.3 Å². The molecule has 0 aliphatic carbocycles. The molecule has 1 aliphatic rings. The molecule has 0 atom stereocenters. The molecule has 0 bridgehead atoms. The van der Waals surface area contributed by atoms with Crippen LogP contribution >= 0.6 is 0 Å². The van der Waals surface area contributed by atoms with E-state index in [2.05, 4.69) is 10.6 Å². The fourth-order valence-corrected chi connectivity index (χ4v) is 3.99. The van der Waals surface area contributed by atoms with E-state index >= 15 is 0 Å². The summed E-state index contributed by atoms with van der Waals surface area (Å²) in [6.07, 6.45) is 0. The summed E-state index contributed by atoms with van der Waals surface area (Å²) in [6, 6.07) is 25.6. The third-order valence-corrected chi connectivity index (χ3v) is 5.29. The minimum Gasteiger partial charge on any atom is -0.421 e. The molecule has 2 aromatic heterocycles. The molecule has 0 saturated carbocycles. The molecule has 3 heterocycles. The molecular formula is C23H15N3O2. The summed E-state index contributed by atoms with van der Waals surface area (Å²) in [5.74, 6) is 0.915. The van der Waals surface area contributed by atoms with Gasteiger partial charge in [-0.1, -0.05) is 42.5 Å². The lowest BCUT2D eigenvalue weighted by Crippen LogP contribution is -2.29. The van der Waals surface area contributed by atoms with Gasteiger partial charge >= 0.3 is 5.63 Å². The number of hydrogen-bond donors (Lipinski definition) is 0. The highest BCUT2D eigenvalue weighted by molar-refractivity contribution is 5.89. The molecule has 0 saturated heterocycles. The molecule has 0 N–H and O–H groups in total. The molecule has 5 aromatic rings. The number of anilines is 2. The smallest absolute Gasteiger partial charge is 0.360 e. The van der Waals surface area contributed by atoms with Gasteiger partial charge in [0, 0.05) is 10.9 Å². The van der Waals surface area contributed by atoms with Crippen LogP contribution in [0.25, 0.3) is 33.4 Å². The summed E-state index contributed by atoms with van der Waals surface area (Å²) < 4.78 is 7.74. The minimum atomic E-state index is -0.346. The van der Waals surface area contributed by atoms with Gasteiger partial charge in [0.15, 0.2) is 0 Å². The van der Waals surface area contributed by atoms with Gasteiger partial charge in [0.2, 0.25) is 0 Å². The van der Waals surface area contributed by atoms with Crippen molar-refractivity contribution in [3.8, 4) is 11.4 Å². The van der Waals surface area contributed by atoms with Crippen molar-refractivity contribution >= 4 is 33.4 Å². The van der Waals surface area contributed by atoms with E-state index in [1.165, 1.54) is 0 Å². The molecule has 0 amide bonds. The van der Waals surface area contributed by atoms with E-state index in [-0.39, 0.29) is 5.63 Å². The normalized spacial score (nSPS) is 12.9. The molecule has 134 valence electrons. The highest BCUT2D eigenvalue weighted by atomic mass is 16.4. The van der Waals surface area contributed by atoms with Crippen molar-refractivity contribution in [1.29, 1.82) is 0 Å². The highest BCUT2D eigenvalue weighted by Crippen LogP contribution is 2.40. The lowest BCUT2D eigenvalue weighted by Gasteiger charge is -2.31. The van der Waals surface area contributed by atoms with Crippen LogP contribution in [0.4, 0.5) is 11.4 Å². The van der Waals surface area contributed by atoms with Crippen LogP contribution in [0, 0.1) is 0 Å². The van der Waals surface area contributed by atoms with Crippen LogP contribution in [0.15, 0.2) is 88.1 Å². The van der Waals surface area contributed by atoms with Gasteiger partial charge in [-0.25, -0.2) is 9.78 Å². The number of nitrogens with zero attached hydrogens (tertiary/aromatic N) is 3. The molecule has 1 aliphatic heterocycles. The second kappa shape index (κ2) is 5.57. The molecule has 6 rings (SSSR count). The Balaban J connectivity index is 1.63. The van der Waals surface area contributed by atoms with E-state index in [0.717, 1.165) is 33.5 Å². The zero-order chi connectivity index (χ0) is 18.7. The maximum Gasteiger partial charge on any atom is 0.360 e. The number of para-hydroxylation sites is 4. The van der Waals surface area contributed by atoms with Gasteiger partial charge in [0.1, 0.15) is 23.8 Å². The first-order valence-corrected chi connectivity index (χ1v) is 9.15. The number of rotatable bonds is 1. The van der Waals surface area contributed by atoms with Gasteiger partial charge in [-0.05, 0) is 36.4 Å². The first-order chi connectivity index (χ1) is 13.8. The van der Waals surface area contributed by atoms with Crippen molar-refractivity contribution < 1.29 is 4.42 Å². The molecule has 3 aromatic carbocycles. The fourth-order valence-electron chi connectivity index (χ4n) is 3.99. The van der Waals surface area contributed by atoms with E-state index in [1.54, 1.807) is 0 Å². The molecule has 0 radical (unpaired) electrons. The van der Waals surface area contributed by atoms with E-state index in [9.17, 15) is 4.79 Å². The Bertz CT molecular complexity index is 1430. The van der Waals surface area contributed by atoms with E-state index in [4.69, 9.17) is 9.40 Å². The van der Waals surface area contributed by atoms with Gasteiger partial charge in [0.25, 0.3) is 0 Å². The maximum atomic E-state index is 12.8. The maximum absolute atomic E-state index is 12.8. The average Bonchev–Trinajstić information content (AvgIpc) is 3.12. The third-order valence-electron chi connectivity index (χ3n) is 5.29. The van der Waals surface area contributed by atoms with Crippen LogP contribution in [-0.4, -0.2) is 9.55 Å². The number of imidazole rings is 1. The van der Waals surface area contributed by atoms with Gasteiger partial charge in [0.05, 0.1) is 16.7 Å². The Morgan fingerprint density at radius 2 is 1.64 bits per heavy atom. The largest absolute Gasteiger partial charge is 0.421 e. The third kappa shape index (κ3) is 2.07. The Morgan fingerprint density at radius 1 is 0.857 bits per heavy atom. The van der Waals surface area contributed by atoms with E-state index < -0.39 is 0 Å². The zero-order valence-corrected chi connectivity index (χ0v) is 14.9. The second-order valence-electron chi connectivity index (χ2n) is 6.90. The average molecular weight is 365 g/mol.